The Morgan fingerprint density at radius 3 is 2.48 bits per heavy atom. The first kappa shape index (κ1) is 18.6. The normalized spacial score (nSPS) is 17.5. The third-order valence-electron chi connectivity index (χ3n) is 4.21. The van der Waals surface area contributed by atoms with E-state index in [-0.39, 0.29) is 24.4 Å². The van der Waals surface area contributed by atoms with Crippen molar-refractivity contribution < 1.29 is 22.8 Å². The Balaban J connectivity index is 1.64. The molecule has 2 amide bonds. The van der Waals surface area contributed by atoms with Crippen molar-refractivity contribution in [2.24, 2.45) is 11.0 Å². The number of carbonyl (C=O) groups is 2. The summed E-state index contributed by atoms with van der Waals surface area (Å²) >= 11 is 0. The Kier molecular flexibility index (Phi) is 5.25. The van der Waals surface area contributed by atoms with Crippen LogP contribution in [0.1, 0.15) is 17.5 Å². The molecule has 2 aromatic rings. The minimum atomic E-state index is -4.51. The maximum atomic E-state index is 12.9. The van der Waals surface area contributed by atoms with Gasteiger partial charge in [-0.3, -0.25) is 9.59 Å². The van der Waals surface area contributed by atoms with Crippen molar-refractivity contribution in [3.05, 3.63) is 65.7 Å². The molecule has 1 unspecified atom stereocenters. The summed E-state index contributed by atoms with van der Waals surface area (Å²) in [5, 5.41) is 3.63. The molecule has 0 aromatic heterocycles. The Morgan fingerprint density at radius 1 is 1.11 bits per heavy atom. The molecular formula is C19H16F3N3O2. The van der Waals surface area contributed by atoms with Crippen LogP contribution in [-0.2, 0) is 15.8 Å². The number of para-hydroxylation sites is 1. The van der Waals surface area contributed by atoms with E-state index in [2.05, 4.69) is 10.5 Å². The SMILES string of the molecule is O=C(NN=Cc1ccccc1C(F)(F)F)C1CC(=O)N(c2ccccc2)C1. The van der Waals surface area contributed by atoms with Crippen molar-refractivity contribution in [2.45, 2.75) is 12.6 Å². The predicted molar refractivity (Wildman–Crippen MR) is 94.1 cm³/mol. The third kappa shape index (κ3) is 4.33. The van der Waals surface area contributed by atoms with E-state index in [9.17, 15) is 22.8 Å². The van der Waals surface area contributed by atoms with Gasteiger partial charge in [-0.05, 0) is 18.2 Å². The summed E-state index contributed by atoms with van der Waals surface area (Å²) in [6, 6.07) is 13.9. The van der Waals surface area contributed by atoms with E-state index in [1.807, 2.05) is 6.07 Å². The maximum absolute atomic E-state index is 12.9. The summed E-state index contributed by atoms with van der Waals surface area (Å²) in [5.41, 5.74) is 1.93. The molecule has 140 valence electrons. The molecule has 0 spiro atoms. The first-order valence-electron chi connectivity index (χ1n) is 8.21. The summed E-state index contributed by atoms with van der Waals surface area (Å²) in [4.78, 5) is 25.8. The predicted octanol–water partition coefficient (Wildman–Crippen LogP) is 3.21. The number of nitrogens with zero attached hydrogens (tertiary/aromatic N) is 2. The van der Waals surface area contributed by atoms with Gasteiger partial charge in [0.25, 0.3) is 0 Å². The molecular weight excluding hydrogens is 359 g/mol. The monoisotopic (exact) mass is 375 g/mol. The highest BCUT2D eigenvalue weighted by atomic mass is 19.4. The van der Waals surface area contributed by atoms with Crippen molar-refractivity contribution in [1.82, 2.24) is 5.43 Å². The van der Waals surface area contributed by atoms with E-state index >= 15 is 0 Å². The minimum Gasteiger partial charge on any atom is -0.312 e. The topological polar surface area (TPSA) is 61.8 Å². The highest BCUT2D eigenvalue weighted by Gasteiger charge is 2.35. The molecule has 3 rings (SSSR count). The second kappa shape index (κ2) is 7.61. The van der Waals surface area contributed by atoms with Gasteiger partial charge in [0.2, 0.25) is 11.8 Å². The number of anilines is 1. The van der Waals surface area contributed by atoms with Gasteiger partial charge in [-0.2, -0.15) is 18.3 Å². The average Bonchev–Trinajstić information content (AvgIpc) is 3.04. The summed E-state index contributed by atoms with van der Waals surface area (Å²) in [5.74, 6) is -1.32. The molecule has 0 saturated carbocycles. The lowest BCUT2D eigenvalue weighted by molar-refractivity contribution is -0.137. The summed E-state index contributed by atoms with van der Waals surface area (Å²) < 4.78 is 38.8. The molecule has 0 bridgehead atoms. The Hall–Kier alpha value is -3.16. The molecule has 0 aliphatic carbocycles. The zero-order valence-corrected chi connectivity index (χ0v) is 14.1. The minimum absolute atomic E-state index is 0.0232. The number of hydrazone groups is 1. The van der Waals surface area contributed by atoms with Crippen LogP contribution in [0.15, 0.2) is 59.7 Å². The van der Waals surface area contributed by atoms with Gasteiger partial charge in [0.1, 0.15) is 0 Å². The lowest BCUT2D eigenvalue weighted by Crippen LogP contribution is -2.30. The van der Waals surface area contributed by atoms with Gasteiger partial charge in [-0.25, -0.2) is 5.43 Å². The van der Waals surface area contributed by atoms with Crippen LogP contribution in [0.2, 0.25) is 0 Å². The van der Waals surface area contributed by atoms with Gasteiger partial charge in [0.05, 0.1) is 17.7 Å². The molecule has 8 heteroatoms. The maximum Gasteiger partial charge on any atom is 0.417 e. The molecule has 1 atom stereocenters. The van der Waals surface area contributed by atoms with Crippen LogP contribution in [0.3, 0.4) is 0 Å². The second-order valence-electron chi connectivity index (χ2n) is 6.06. The molecule has 0 radical (unpaired) electrons. The van der Waals surface area contributed by atoms with Crippen molar-refractivity contribution in [3.8, 4) is 0 Å². The number of benzene rings is 2. The van der Waals surface area contributed by atoms with E-state index < -0.39 is 23.6 Å². The van der Waals surface area contributed by atoms with E-state index in [4.69, 9.17) is 0 Å². The van der Waals surface area contributed by atoms with Crippen LogP contribution in [-0.4, -0.2) is 24.6 Å². The summed E-state index contributed by atoms with van der Waals surface area (Å²) in [7, 11) is 0. The molecule has 27 heavy (non-hydrogen) atoms. The first-order chi connectivity index (χ1) is 12.9. The fourth-order valence-corrected chi connectivity index (χ4v) is 2.87. The van der Waals surface area contributed by atoms with Gasteiger partial charge in [-0.1, -0.05) is 36.4 Å². The lowest BCUT2D eigenvalue weighted by atomic mass is 10.1. The Bertz CT molecular complexity index is 866. The van der Waals surface area contributed by atoms with Gasteiger partial charge in [0, 0.05) is 24.2 Å². The first-order valence-corrected chi connectivity index (χ1v) is 8.21. The molecule has 1 aliphatic rings. The smallest absolute Gasteiger partial charge is 0.312 e. The average molecular weight is 375 g/mol. The number of hydrogen-bond donors (Lipinski definition) is 1. The van der Waals surface area contributed by atoms with Crippen LogP contribution in [0.4, 0.5) is 18.9 Å². The molecule has 2 aromatic carbocycles. The van der Waals surface area contributed by atoms with Crippen molar-refractivity contribution in [2.75, 3.05) is 11.4 Å². The van der Waals surface area contributed by atoms with Crippen LogP contribution < -0.4 is 10.3 Å². The van der Waals surface area contributed by atoms with Crippen LogP contribution in [0, 0.1) is 5.92 Å². The fourth-order valence-electron chi connectivity index (χ4n) is 2.87. The number of amides is 2. The quantitative estimate of drug-likeness (QED) is 0.659. The zero-order valence-electron chi connectivity index (χ0n) is 14.1. The van der Waals surface area contributed by atoms with E-state index in [0.29, 0.717) is 5.69 Å². The highest BCUT2D eigenvalue weighted by molar-refractivity contribution is 6.00. The number of hydrogen-bond acceptors (Lipinski definition) is 3. The van der Waals surface area contributed by atoms with Crippen molar-refractivity contribution in [3.63, 3.8) is 0 Å². The number of alkyl halides is 3. The largest absolute Gasteiger partial charge is 0.417 e. The number of halogens is 3. The second-order valence-corrected chi connectivity index (χ2v) is 6.06. The van der Waals surface area contributed by atoms with Gasteiger partial charge < -0.3 is 4.90 Å². The molecule has 1 fully saturated rings. The molecule has 5 nitrogen and oxygen atoms in total. The van der Waals surface area contributed by atoms with Crippen LogP contribution >= 0.6 is 0 Å². The van der Waals surface area contributed by atoms with Crippen molar-refractivity contribution in [1.29, 1.82) is 0 Å². The van der Waals surface area contributed by atoms with Gasteiger partial charge >= 0.3 is 6.18 Å². The third-order valence-corrected chi connectivity index (χ3v) is 4.21. The molecule has 1 aliphatic heterocycles. The standard InChI is InChI=1S/C19H16F3N3O2/c20-19(21,22)16-9-5-4-6-13(16)11-23-24-18(27)14-10-17(26)25(12-14)15-7-2-1-3-8-15/h1-9,11,14H,10,12H2,(H,24,27). The van der Waals surface area contributed by atoms with E-state index in [1.165, 1.54) is 23.1 Å². The van der Waals surface area contributed by atoms with E-state index in [0.717, 1.165) is 12.3 Å². The summed E-state index contributed by atoms with van der Waals surface area (Å²) in [6.45, 7) is 0.198. The lowest BCUT2D eigenvalue weighted by Gasteiger charge is -2.16. The summed E-state index contributed by atoms with van der Waals surface area (Å²) in [6.07, 6.45) is -3.54. The van der Waals surface area contributed by atoms with Crippen LogP contribution in [0.5, 0.6) is 0 Å². The zero-order chi connectivity index (χ0) is 19.4. The number of carbonyl (C=O) groups excluding carboxylic acids is 2. The molecule has 1 saturated heterocycles. The van der Waals surface area contributed by atoms with Crippen LogP contribution in [0.25, 0.3) is 0 Å². The Labute approximate surface area is 153 Å². The fraction of sp³-hybridized carbons (Fsp3) is 0.211. The van der Waals surface area contributed by atoms with E-state index in [1.54, 1.807) is 24.3 Å². The number of nitrogens with one attached hydrogen (secondary N) is 1. The van der Waals surface area contributed by atoms with Gasteiger partial charge in [0.15, 0.2) is 0 Å². The van der Waals surface area contributed by atoms with Gasteiger partial charge in [-0.15, -0.1) is 0 Å². The number of rotatable bonds is 4. The molecule has 1 heterocycles. The molecule has 1 N–H and O–H groups in total. The highest BCUT2D eigenvalue weighted by Crippen LogP contribution is 2.31. The van der Waals surface area contributed by atoms with Crippen molar-refractivity contribution >= 4 is 23.7 Å². The Morgan fingerprint density at radius 2 is 1.78 bits per heavy atom.